The van der Waals surface area contributed by atoms with Crippen LogP contribution in [-0.4, -0.2) is 22.9 Å². The molecular weight excluding hydrogens is 412 g/mol. The maximum absolute atomic E-state index is 14.3. The SMILES string of the molecule is Cc1cc(C(=O)COC(=O)C2(c3cccc(F)c3)CCCC2)c(C)n1-c1ccccc1F. The highest BCUT2D eigenvalue weighted by atomic mass is 19.1. The zero-order valence-electron chi connectivity index (χ0n) is 18.2. The van der Waals surface area contributed by atoms with E-state index >= 15 is 0 Å². The summed E-state index contributed by atoms with van der Waals surface area (Å²) in [6.07, 6.45) is 2.79. The lowest BCUT2D eigenvalue weighted by molar-refractivity contribution is -0.149. The van der Waals surface area contributed by atoms with Gasteiger partial charge in [0, 0.05) is 17.0 Å². The Bertz CT molecular complexity index is 1180. The largest absolute Gasteiger partial charge is 0.457 e. The molecule has 0 atom stereocenters. The number of esters is 1. The van der Waals surface area contributed by atoms with Crippen LogP contribution in [0, 0.1) is 25.5 Å². The molecule has 0 amide bonds. The molecule has 166 valence electrons. The first-order valence-corrected chi connectivity index (χ1v) is 10.7. The molecule has 1 heterocycles. The first-order chi connectivity index (χ1) is 15.3. The van der Waals surface area contributed by atoms with Gasteiger partial charge in [0.2, 0.25) is 5.78 Å². The predicted molar refractivity (Wildman–Crippen MR) is 117 cm³/mol. The molecule has 0 bridgehead atoms. The van der Waals surface area contributed by atoms with E-state index in [-0.39, 0.29) is 5.78 Å². The van der Waals surface area contributed by atoms with E-state index in [0.717, 1.165) is 12.8 Å². The number of carbonyl (C=O) groups excluding carboxylic acids is 2. The molecular formula is C26H25F2NO3. The Hall–Kier alpha value is -3.28. The zero-order chi connectivity index (χ0) is 22.9. The highest BCUT2D eigenvalue weighted by Crippen LogP contribution is 2.42. The minimum atomic E-state index is -0.924. The van der Waals surface area contributed by atoms with Crippen molar-refractivity contribution in [1.29, 1.82) is 0 Å². The number of aromatic nitrogens is 1. The van der Waals surface area contributed by atoms with E-state index in [1.165, 1.54) is 18.2 Å². The maximum atomic E-state index is 14.3. The van der Waals surface area contributed by atoms with Crippen molar-refractivity contribution in [2.45, 2.75) is 44.9 Å². The lowest BCUT2D eigenvalue weighted by atomic mass is 9.79. The van der Waals surface area contributed by atoms with Gasteiger partial charge in [-0.25, -0.2) is 8.78 Å². The number of ketones is 1. The van der Waals surface area contributed by atoms with Gasteiger partial charge >= 0.3 is 5.97 Å². The van der Waals surface area contributed by atoms with Crippen molar-refractivity contribution in [2.75, 3.05) is 6.61 Å². The number of hydrogen-bond donors (Lipinski definition) is 0. The minimum absolute atomic E-state index is 0.356. The topological polar surface area (TPSA) is 48.3 Å². The van der Waals surface area contributed by atoms with E-state index in [1.54, 1.807) is 54.8 Å². The number of Topliss-reactive ketones (excluding diaryl/α,β-unsaturated/α-hetero) is 1. The Morgan fingerprint density at radius 2 is 1.72 bits per heavy atom. The number of nitrogens with zero attached hydrogens (tertiary/aromatic N) is 1. The molecule has 0 N–H and O–H groups in total. The summed E-state index contributed by atoms with van der Waals surface area (Å²) in [5, 5.41) is 0. The molecule has 0 spiro atoms. The molecule has 4 nitrogen and oxygen atoms in total. The average Bonchev–Trinajstić information content (AvgIpc) is 3.38. The molecule has 0 aliphatic heterocycles. The first-order valence-electron chi connectivity index (χ1n) is 10.7. The standard InChI is InChI=1S/C26H25F2NO3/c1-17-14-21(18(2)29(17)23-11-4-3-10-22(23)28)24(30)16-32-25(31)26(12-5-6-13-26)19-8-7-9-20(27)15-19/h3-4,7-11,14-15H,5-6,12-13,16H2,1-2H3. The third-order valence-corrected chi connectivity index (χ3v) is 6.38. The van der Waals surface area contributed by atoms with E-state index in [1.807, 2.05) is 0 Å². The van der Waals surface area contributed by atoms with Crippen LogP contribution < -0.4 is 0 Å². The molecule has 1 aromatic heterocycles. The summed E-state index contributed by atoms with van der Waals surface area (Å²) >= 11 is 0. The lowest BCUT2D eigenvalue weighted by Crippen LogP contribution is -2.36. The third kappa shape index (κ3) is 3.85. The molecule has 2 aromatic carbocycles. The van der Waals surface area contributed by atoms with Crippen molar-refractivity contribution >= 4 is 11.8 Å². The Balaban J connectivity index is 1.55. The fourth-order valence-corrected chi connectivity index (χ4v) is 4.77. The molecule has 0 unspecified atom stereocenters. The van der Waals surface area contributed by atoms with E-state index in [2.05, 4.69) is 0 Å². The predicted octanol–water partition coefficient (Wildman–Crippen LogP) is 5.61. The summed E-state index contributed by atoms with van der Waals surface area (Å²) in [7, 11) is 0. The number of halogens is 2. The second-order valence-electron chi connectivity index (χ2n) is 8.37. The summed E-state index contributed by atoms with van der Waals surface area (Å²) < 4.78 is 35.3. The van der Waals surface area contributed by atoms with E-state index in [9.17, 15) is 18.4 Å². The van der Waals surface area contributed by atoms with E-state index in [0.29, 0.717) is 41.0 Å². The van der Waals surface area contributed by atoms with Crippen molar-refractivity contribution in [3.63, 3.8) is 0 Å². The summed E-state index contributed by atoms with van der Waals surface area (Å²) in [6.45, 7) is 3.11. The van der Waals surface area contributed by atoms with Gasteiger partial charge in [0.15, 0.2) is 6.61 Å². The van der Waals surface area contributed by atoms with Crippen LogP contribution in [0.3, 0.4) is 0 Å². The van der Waals surface area contributed by atoms with Crippen LogP contribution in [0.25, 0.3) is 5.69 Å². The monoisotopic (exact) mass is 437 g/mol. The molecule has 1 aliphatic carbocycles. The minimum Gasteiger partial charge on any atom is -0.457 e. The third-order valence-electron chi connectivity index (χ3n) is 6.38. The normalized spacial score (nSPS) is 15.0. The highest BCUT2D eigenvalue weighted by molar-refractivity contribution is 6.00. The van der Waals surface area contributed by atoms with Crippen LogP contribution in [0.1, 0.15) is 53.0 Å². The number of benzene rings is 2. The molecule has 1 aliphatic rings. The Morgan fingerprint density at radius 1 is 1.00 bits per heavy atom. The molecule has 6 heteroatoms. The van der Waals surface area contributed by atoms with Gasteiger partial charge in [0.1, 0.15) is 11.6 Å². The van der Waals surface area contributed by atoms with Crippen molar-refractivity contribution in [3.8, 4) is 5.69 Å². The Labute approximate surface area is 185 Å². The second-order valence-corrected chi connectivity index (χ2v) is 8.37. The number of para-hydroxylation sites is 1. The van der Waals surface area contributed by atoms with Crippen molar-refractivity contribution in [2.24, 2.45) is 0 Å². The van der Waals surface area contributed by atoms with Crippen LogP contribution in [0.2, 0.25) is 0 Å². The van der Waals surface area contributed by atoms with Crippen molar-refractivity contribution in [3.05, 3.63) is 88.7 Å². The molecule has 3 aromatic rings. The molecule has 1 fully saturated rings. The smallest absolute Gasteiger partial charge is 0.317 e. The zero-order valence-corrected chi connectivity index (χ0v) is 18.2. The van der Waals surface area contributed by atoms with Gasteiger partial charge in [-0.2, -0.15) is 0 Å². The summed E-state index contributed by atoms with van der Waals surface area (Å²) in [6, 6.07) is 14.1. The fourth-order valence-electron chi connectivity index (χ4n) is 4.77. The van der Waals surface area contributed by atoms with Gasteiger partial charge in [0.25, 0.3) is 0 Å². The molecule has 1 saturated carbocycles. The Morgan fingerprint density at radius 3 is 2.41 bits per heavy atom. The van der Waals surface area contributed by atoms with E-state index in [4.69, 9.17) is 4.74 Å². The lowest BCUT2D eigenvalue weighted by Gasteiger charge is -2.27. The summed E-state index contributed by atoms with van der Waals surface area (Å²) in [4.78, 5) is 26.0. The van der Waals surface area contributed by atoms with Gasteiger partial charge < -0.3 is 9.30 Å². The average molecular weight is 437 g/mol. The number of rotatable bonds is 6. The first kappa shape index (κ1) is 21.9. The second kappa shape index (κ2) is 8.69. The van der Waals surface area contributed by atoms with Crippen LogP contribution in [0.5, 0.6) is 0 Å². The summed E-state index contributed by atoms with van der Waals surface area (Å²) in [5.41, 5.74) is 1.68. The van der Waals surface area contributed by atoms with Crippen molar-refractivity contribution < 1.29 is 23.1 Å². The van der Waals surface area contributed by atoms with Crippen LogP contribution in [-0.2, 0) is 14.9 Å². The van der Waals surface area contributed by atoms with Gasteiger partial charge in [-0.3, -0.25) is 9.59 Å². The fraction of sp³-hybridized carbons (Fsp3) is 0.308. The van der Waals surface area contributed by atoms with Gasteiger partial charge in [-0.15, -0.1) is 0 Å². The number of hydrogen-bond acceptors (Lipinski definition) is 3. The maximum Gasteiger partial charge on any atom is 0.317 e. The quantitative estimate of drug-likeness (QED) is 0.372. The highest BCUT2D eigenvalue weighted by Gasteiger charge is 2.44. The number of aryl methyl sites for hydroxylation is 1. The summed E-state index contributed by atoms with van der Waals surface area (Å²) in [5.74, 6) is -1.66. The molecule has 4 rings (SSSR count). The van der Waals surface area contributed by atoms with Gasteiger partial charge in [-0.05, 0) is 62.6 Å². The molecule has 32 heavy (non-hydrogen) atoms. The van der Waals surface area contributed by atoms with Gasteiger partial charge in [-0.1, -0.05) is 37.1 Å². The van der Waals surface area contributed by atoms with Crippen molar-refractivity contribution in [1.82, 2.24) is 4.57 Å². The van der Waals surface area contributed by atoms with Crippen LogP contribution in [0.4, 0.5) is 8.78 Å². The van der Waals surface area contributed by atoms with E-state index < -0.39 is 29.6 Å². The molecule has 0 radical (unpaired) electrons. The number of ether oxygens (including phenoxy) is 1. The van der Waals surface area contributed by atoms with Crippen LogP contribution >= 0.6 is 0 Å². The molecule has 0 saturated heterocycles. The number of carbonyl (C=O) groups is 2. The Kier molecular flexibility index (Phi) is 5.96. The van der Waals surface area contributed by atoms with Gasteiger partial charge in [0.05, 0.1) is 11.1 Å². The van der Waals surface area contributed by atoms with Crippen LogP contribution in [0.15, 0.2) is 54.6 Å².